The Morgan fingerprint density at radius 2 is 2.04 bits per heavy atom. The van der Waals surface area contributed by atoms with E-state index in [1.807, 2.05) is 43.3 Å². The Kier molecular flexibility index (Phi) is 5.34. The van der Waals surface area contributed by atoms with Crippen LogP contribution in [0.2, 0.25) is 0 Å². The van der Waals surface area contributed by atoms with Gasteiger partial charge in [-0.15, -0.1) is 0 Å². The van der Waals surface area contributed by atoms with Crippen LogP contribution < -0.4 is 4.74 Å². The van der Waals surface area contributed by atoms with E-state index in [9.17, 15) is 9.90 Å². The van der Waals surface area contributed by atoms with Gasteiger partial charge in [-0.2, -0.15) is 0 Å². The number of aliphatic hydroxyl groups is 1. The highest BCUT2D eigenvalue weighted by Crippen LogP contribution is 2.24. The zero-order chi connectivity index (χ0) is 17.7. The third-order valence-corrected chi connectivity index (χ3v) is 4.60. The van der Waals surface area contributed by atoms with Crippen LogP contribution in [0, 0.1) is 6.92 Å². The number of hydrogen-bond donors (Lipinski definition) is 1. The molecule has 132 valence electrons. The van der Waals surface area contributed by atoms with Gasteiger partial charge in [0.1, 0.15) is 18.0 Å². The number of carbonyl (C=O) groups excluding carboxylic acids is 1. The molecule has 1 fully saturated rings. The molecule has 25 heavy (non-hydrogen) atoms. The van der Waals surface area contributed by atoms with Crippen molar-refractivity contribution in [1.29, 1.82) is 0 Å². The Morgan fingerprint density at radius 1 is 1.28 bits per heavy atom. The lowest BCUT2D eigenvalue weighted by atomic mass is 9.93. The minimum Gasteiger partial charge on any atom is -0.490 e. The second-order valence-corrected chi connectivity index (χ2v) is 6.73. The number of ether oxygens (including phenoxy) is 1. The maximum absolute atomic E-state index is 12.5. The van der Waals surface area contributed by atoms with Gasteiger partial charge < -0.3 is 14.7 Å². The van der Waals surface area contributed by atoms with Gasteiger partial charge in [0.2, 0.25) is 5.91 Å². The first-order valence-electron chi connectivity index (χ1n) is 8.63. The number of piperidine rings is 1. The van der Waals surface area contributed by atoms with Crippen molar-refractivity contribution in [3.8, 4) is 5.75 Å². The van der Waals surface area contributed by atoms with Crippen molar-refractivity contribution < 1.29 is 14.6 Å². The average molecular weight is 340 g/mol. The van der Waals surface area contributed by atoms with E-state index in [0.717, 1.165) is 23.3 Å². The Balaban J connectivity index is 1.59. The molecule has 3 rings (SSSR count). The zero-order valence-corrected chi connectivity index (χ0v) is 14.5. The van der Waals surface area contributed by atoms with Crippen LogP contribution in [0.15, 0.2) is 48.8 Å². The fourth-order valence-electron chi connectivity index (χ4n) is 3.16. The van der Waals surface area contributed by atoms with E-state index >= 15 is 0 Å². The molecular formula is C20H24N2O3. The number of carbonyl (C=O) groups is 1. The molecule has 1 amide bonds. The normalized spacial score (nSPS) is 20.3. The van der Waals surface area contributed by atoms with Gasteiger partial charge in [0.05, 0.1) is 13.0 Å². The summed E-state index contributed by atoms with van der Waals surface area (Å²) in [7, 11) is 0. The molecule has 0 spiro atoms. The van der Waals surface area contributed by atoms with Crippen LogP contribution in [0.1, 0.15) is 24.0 Å². The molecule has 5 heteroatoms. The molecule has 1 aliphatic heterocycles. The number of amides is 1. The van der Waals surface area contributed by atoms with Gasteiger partial charge in [-0.1, -0.05) is 18.2 Å². The number of aryl methyl sites for hydroxylation is 1. The molecule has 2 aromatic rings. The third kappa shape index (κ3) is 4.57. The summed E-state index contributed by atoms with van der Waals surface area (Å²) in [6, 6.07) is 11.4. The van der Waals surface area contributed by atoms with Crippen molar-refractivity contribution in [2.75, 3.05) is 19.7 Å². The lowest BCUT2D eigenvalue weighted by Gasteiger charge is -2.39. The van der Waals surface area contributed by atoms with Crippen LogP contribution in [-0.4, -0.2) is 46.2 Å². The first-order chi connectivity index (χ1) is 12.1. The van der Waals surface area contributed by atoms with Gasteiger partial charge in [0.25, 0.3) is 0 Å². The molecule has 0 bridgehead atoms. The van der Waals surface area contributed by atoms with Gasteiger partial charge >= 0.3 is 0 Å². The Bertz CT molecular complexity index is 720. The van der Waals surface area contributed by atoms with Crippen LogP contribution >= 0.6 is 0 Å². The summed E-state index contributed by atoms with van der Waals surface area (Å²) in [5.41, 5.74) is 0.965. The minimum atomic E-state index is -1.01. The molecule has 1 N–H and O–H groups in total. The lowest BCUT2D eigenvalue weighted by molar-refractivity contribution is -0.139. The molecule has 1 aromatic carbocycles. The van der Waals surface area contributed by atoms with Gasteiger partial charge in [-0.3, -0.25) is 9.78 Å². The maximum Gasteiger partial charge on any atom is 0.227 e. The number of β-amino-alcohol motifs (C(OH)–C–C–N with tert-alkyl or cyclic N) is 1. The monoisotopic (exact) mass is 340 g/mol. The Hall–Kier alpha value is -2.40. The highest BCUT2D eigenvalue weighted by Gasteiger charge is 2.36. The first kappa shape index (κ1) is 17.4. The Morgan fingerprint density at radius 3 is 2.80 bits per heavy atom. The molecule has 0 radical (unpaired) electrons. The smallest absolute Gasteiger partial charge is 0.227 e. The fourth-order valence-corrected chi connectivity index (χ4v) is 3.16. The van der Waals surface area contributed by atoms with E-state index in [1.54, 1.807) is 17.3 Å². The summed E-state index contributed by atoms with van der Waals surface area (Å²) in [5.74, 6) is 0.802. The summed E-state index contributed by atoms with van der Waals surface area (Å²) in [6.45, 7) is 3.15. The highest BCUT2D eigenvalue weighted by molar-refractivity contribution is 5.78. The van der Waals surface area contributed by atoms with E-state index in [-0.39, 0.29) is 12.5 Å². The van der Waals surface area contributed by atoms with E-state index in [2.05, 4.69) is 4.98 Å². The SMILES string of the molecule is Cc1ccccc1OC[C@@]1(O)CCCN(C(=O)Cc2ccncc2)C1. The van der Waals surface area contributed by atoms with Crippen LogP contribution in [-0.2, 0) is 11.2 Å². The molecule has 1 aliphatic rings. The number of nitrogens with zero attached hydrogens (tertiary/aromatic N) is 2. The molecule has 1 atom stereocenters. The van der Waals surface area contributed by atoms with Gasteiger partial charge in [-0.25, -0.2) is 0 Å². The minimum absolute atomic E-state index is 0.0280. The third-order valence-electron chi connectivity index (χ3n) is 4.60. The van der Waals surface area contributed by atoms with Crippen LogP contribution in [0.4, 0.5) is 0 Å². The van der Waals surface area contributed by atoms with Gasteiger partial charge in [0, 0.05) is 18.9 Å². The van der Waals surface area contributed by atoms with Crippen molar-refractivity contribution in [2.24, 2.45) is 0 Å². The van der Waals surface area contributed by atoms with Crippen LogP contribution in [0.25, 0.3) is 0 Å². The van der Waals surface area contributed by atoms with E-state index in [1.165, 1.54) is 0 Å². The topological polar surface area (TPSA) is 62.7 Å². The quantitative estimate of drug-likeness (QED) is 0.908. The largest absolute Gasteiger partial charge is 0.490 e. The average Bonchev–Trinajstić information content (AvgIpc) is 2.62. The fraction of sp³-hybridized carbons (Fsp3) is 0.400. The standard InChI is InChI=1S/C20H24N2O3/c1-16-5-2-3-6-18(16)25-15-20(24)9-4-12-22(14-20)19(23)13-17-7-10-21-11-8-17/h2-3,5-8,10-11,24H,4,9,12-15H2,1H3/t20-/m1/s1. The highest BCUT2D eigenvalue weighted by atomic mass is 16.5. The predicted molar refractivity (Wildman–Crippen MR) is 95.4 cm³/mol. The second kappa shape index (κ2) is 7.66. The van der Waals surface area contributed by atoms with Crippen molar-refractivity contribution in [1.82, 2.24) is 9.88 Å². The number of likely N-dealkylation sites (tertiary alicyclic amines) is 1. The predicted octanol–water partition coefficient (Wildman–Crippen LogP) is 2.37. The van der Waals surface area contributed by atoms with Gasteiger partial charge in [-0.05, 0) is 49.1 Å². The summed E-state index contributed by atoms with van der Waals surface area (Å²) >= 11 is 0. The molecular weight excluding hydrogens is 316 g/mol. The summed E-state index contributed by atoms with van der Waals surface area (Å²) < 4.78 is 5.83. The molecule has 0 aliphatic carbocycles. The molecule has 5 nitrogen and oxygen atoms in total. The summed E-state index contributed by atoms with van der Waals surface area (Å²) in [4.78, 5) is 18.2. The van der Waals surface area contributed by atoms with Gasteiger partial charge in [0.15, 0.2) is 0 Å². The molecule has 1 aromatic heterocycles. The maximum atomic E-state index is 12.5. The van der Waals surface area contributed by atoms with E-state index < -0.39 is 5.60 Å². The van der Waals surface area contributed by atoms with Crippen LogP contribution in [0.3, 0.4) is 0 Å². The lowest BCUT2D eigenvalue weighted by Crippen LogP contribution is -2.53. The molecule has 0 saturated carbocycles. The number of benzene rings is 1. The molecule has 1 saturated heterocycles. The second-order valence-electron chi connectivity index (χ2n) is 6.73. The van der Waals surface area contributed by atoms with E-state index in [0.29, 0.717) is 25.9 Å². The summed E-state index contributed by atoms with van der Waals surface area (Å²) in [5, 5.41) is 10.9. The number of pyridine rings is 1. The zero-order valence-electron chi connectivity index (χ0n) is 14.5. The number of rotatable bonds is 5. The molecule has 0 unspecified atom stereocenters. The number of aromatic nitrogens is 1. The van der Waals surface area contributed by atoms with E-state index in [4.69, 9.17) is 4.74 Å². The molecule has 2 heterocycles. The van der Waals surface area contributed by atoms with Crippen molar-refractivity contribution in [3.05, 3.63) is 59.9 Å². The number of para-hydroxylation sites is 1. The van der Waals surface area contributed by atoms with Crippen molar-refractivity contribution >= 4 is 5.91 Å². The van der Waals surface area contributed by atoms with Crippen LogP contribution in [0.5, 0.6) is 5.75 Å². The summed E-state index contributed by atoms with van der Waals surface area (Å²) in [6.07, 6.45) is 5.11. The van der Waals surface area contributed by atoms with Crippen molar-refractivity contribution in [3.63, 3.8) is 0 Å². The first-order valence-corrected chi connectivity index (χ1v) is 8.63. The van der Waals surface area contributed by atoms with Crippen molar-refractivity contribution in [2.45, 2.75) is 31.8 Å². The Labute approximate surface area is 148 Å². The number of hydrogen-bond acceptors (Lipinski definition) is 4.